The molecule has 88 valence electrons. The van der Waals surface area contributed by atoms with Crippen LogP contribution in [-0.4, -0.2) is 38.5 Å². The second-order valence-corrected chi connectivity index (χ2v) is 4.80. The van der Waals surface area contributed by atoms with Crippen LogP contribution in [0.2, 0.25) is 0 Å². The highest BCUT2D eigenvalue weighted by Gasteiger charge is 2.31. The molecule has 2 fully saturated rings. The number of hydrogen-bond acceptors (Lipinski definition) is 3. The topological polar surface area (TPSA) is 30.5 Å². The van der Waals surface area contributed by atoms with Gasteiger partial charge in [0.1, 0.15) is 0 Å². The predicted octanol–water partition coefficient (Wildman–Crippen LogP) is 1.57. The molecule has 0 aromatic carbocycles. The maximum Gasteiger partial charge on any atom is 0.0613 e. The Kier molecular flexibility index (Phi) is 4.00. The minimum absolute atomic E-state index is 0.496. The highest BCUT2D eigenvalue weighted by atomic mass is 16.5. The molecule has 0 spiro atoms. The van der Waals surface area contributed by atoms with Crippen molar-refractivity contribution < 1.29 is 9.47 Å². The molecule has 0 bridgehead atoms. The van der Waals surface area contributed by atoms with Gasteiger partial charge in [-0.15, -0.1) is 0 Å². The summed E-state index contributed by atoms with van der Waals surface area (Å²) in [5.41, 5.74) is 0. The number of rotatable bonds is 5. The number of hydrogen-bond donors (Lipinski definition) is 1. The summed E-state index contributed by atoms with van der Waals surface area (Å²) in [6.07, 6.45) is 5.74. The van der Waals surface area contributed by atoms with E-state index >= 15 is 0 Å². The minimum Gasteiger partial charge on any atom is -0.381 e. The van der Waals surface area contributed by atoms with Crippen LogP contribution in [0.25, 0.3) is 0 Å². The third-order valence-electron chi connectivity index (χ3n) is 3.85. The molecule has 2 aliphatic rings. The Labute approximate surface area is 92.5 Å². The van der Waals surface area contributed by atoms with Crippen LogP contribution < -0.4 is 5.32 Å². The first-order chi connectivity index (χ1) is 7.33. The second kappa shape index (κ2) is 5.28. The number of nitrogens with one attached hydrogen (secondary N) is 1. The molecule has 0 aromatic rings. The summed E-state index contributed by atoms with van der Waals surface area (Å²) in [6, 6.07) is 0.688. The summed E-state index contributed by atoms with van der Waals surface area (Å²) in [6.45, 7) is 4.29. The molecule has 1 aliphatic carbocycles. The van der Waals surface area contributed by atoms with Crippen molar-refractivity contribution in [3.8, 4) is 0 Å². The van der Waals surface area contributed by atoms with Crippen LogP contribution >= 0.6 is 0 Å². The average molecular weight is 213 g/mol. The monoisotopic (exact) mass is 213 g/mol. The van der Waals surface area contributed by atoms with Crippen LogP contribution in [0.4, 0.5) is 0 Å². The standard InChI is InChI=1S/C12H23NO2/c1-3-12-9(4-5-15-12)8-13-10-6-11(7-10)14-2/h9-13H,3-8H2,1-2H3. The summed E-state index contributed by atoms with van der Waals surface area (Å²) in [7, 11) is 1.80. The first-order valence-electron chi connectivity index (χ1n) is 6.21. The van der Waals surface area contributed by atoms with Gasteiger partial charge in [0, 0.05) is 26.3 Å². The third kappa shape index (κ3) is 2.71. The molecule has 15 heavy (non-hydrogen) atoms. The van der Waals surface area contributed by atoms with Gasteiger partial charge < -0.3 is 14.8 Å². The molecule has 0 aromatic heterocycles. The summed E-state index contributed by atoms with van der Waals surface area (Å²) in [5.74, 6) is 0.733. The van der Waals surface area contributed by atoms with Crippen molar-refractivity contribution in [1.82, 2.24) is 5.32 Å². The maximum absolute atomic E-state index is 5.68. The van der Waals surface area contributed by atoms with E-state index in [-0.39, 0.29) is 0 Å². The highest BCUT2D eigenvalue weighted by molar-refractivity contribution is 4.87. The van der Waals surface area contributed by atoms with Gasteiger partial charge in [0.05, 0.1) is 12.2 Å². The number of ether oxygens (including phenoxy) is 2. The van der Waals surface area contributed by atoms with Gasteiger partial charge in [0.2, 0.25) is 0 Å². The Morgan fingerprint density at radius 1 is 1.40 bits per heavy atom. The molecule has 1 N–H and O–H groups in total. The first-order valence-corrected chi connectivity index (χ1v) is 6.21. The Morgan fingerprint density at radius 2 is 2.20 bits per heavy atom. The zero-order chi connectivity index (χ0) is 10.7. The van der Waals surface area contributed by atoms with Gasteiger partial charge in [-0.1, -0.05) is 6.92 Å². The van der Waals surface area contributed by atoms with Crippen LogP contribution in [-0.2, 0) is 9.47 Å². The van der Waals surface area contributed by atoms with Crippen molar-refractivity contribution in [3.05, 3.63) is 0 Å². The smallest absolute Gasteiger partial charge is 0.0613 e. The van der Waals surface area contributed by atoms with Crippen LogP contribution in [0.15, 0.2) is 0 Å². The van der Waals surface area contributed by atoms with Crippen LogP contribution in [0.5, 0.6) is 0 Å². The van der Waals surface area contributed by atoms with Crippen molar-refractivity contribution in [2.45, 2.75) is 50.9 Å². The SMILES string of the molecule is CCC1OCCC1CNC1CC(OC)C1. The van der Waals surface area contributed by atoms with E-state index in [1.807, 2.05) is 0 Å². The lowest BCUT2D eigenvalue weighted by Crippen LogP contribution is -2.47. The fourth-order valence-electron chi connectivity index (χ4n) is 2.62. The minimum atomic E-state index is 0.496. The molecule has 2 atom stereocenters. The fourth-order valence-corrected chi connectivity index (χ4v) is 2.62. The van der Waals surface area contributed by atoms with E-state index < -0.39 is 0 Å². The summed E-state index contributed by atoms with van der Waals surface area (Å²) >= 11 is 0. The van der Waals surface area contributed by atoms with Gasteiger partial charge in [-0.25, -0.2) is 0 Å². The van der Waals surface area contributed by atoms with Crippen molar-refractivity contribution in [3.63, 3.8) is 0 Å². The van der Waals surface area contributed by atoms with Gasteiger partial charge in [-0.05, 0) is 31.6 Å². The Morgan fingerprint density at radius 3 is 2.87 bits per heavy atom. The molecule has 2 rings (SSSR count). The zero-order valence-electron chi connectivity index (χ0n) is 9.87. The quantitative estimate of drug-likeness (QED) is 0.752. The van der Waals surface area contributed by atoms with Crippen molar-refractivity contribution in [2.75, 3.05) is 20.3 Å². The zero-order valence-corrected chi connectivity index (χ0v) is 9.87. The van der Waals surface area contributed by atoms with Gasteiger partial charge in [0.25, 0.3) is 0 Å². The molecule has 0 amide bonds. The summed E-state index contributed by atoms with van der Waals surface area (Å²) in [5, 5.41) is 3.63. The largest absolute Gasteiger partial charge is 0.381 e. The van der Waals surface area contributed by atoms with Crippen molar-refractivity contribution in [1.29, 1.82) is 0 Å². The van der Waals surface area contributed by atoms with Gasteiger partial charge in [-0.2, -0.15) is 0 Å². The molecule has 0 radical (unpaired) electrons. The molecule has 3 nitrogen and oxygen atoms in total. The number of methoxy groups -OCH3 is 1. The van der Waals surface area contributed by atoms with Gasteiger partial charge in [0.15, 0.2) is 0 Å². The normalized spacial score (nSPS) is 40.4. The molecular weight excluding hydrogens is 190 g/mol. The molecule has 3 heteroatoms. The van der Waals surface area contributed by atoms with Crippen LogP contribution in [0.3, 0.4) is 0 Å². The molecule has 1 saturated heterocycles. The second-order valence-electron chi connectivity index (χ2n) is 4.80. The Hall–Kier alpha value is -0.120. The lowest BCUT2D eigenvalue weighted by atomic mass is 9.88. The molecule has 1 saturated carbocycles. The van der Waals surface area contributed by atoms with Crippen molar-refractivity contribution in [2.24, 2.45) is 5.92 Å². The predicted molar refractivity (Wildman–Crippen MR) is 60.0 cm³/mol. The molecule has 1 heterocycles. The van der Waals surface area contributed by atoms with E-state index in [1.54, 1.807) is 7.11 Å². The van der Waals surface area contributed by atoms with E-state index in [2.05, 4.69) is 12.2 Å². The lowest BCUT2D eigenvalue weighted by molar-refractivity contribution is 0.0148. The maximum atomic E-state index is 5.68. The van der Waals surface area contributed by atoms with Gasteiger partial charge >= 0.3 is 0 Å². The Balaban J connectivity index is 1.62. The molecular formula is C12H23NO2. The summed E-state index contributed by atoms with van der Waals surface area (Å²) in [4.78, 5) is 0. The fraction of sp³-hybridized carbons (Fsp3) is 1.00. The van der Waals surface area contributed by atoms with Crippen LogP contribution in [0, 0.1) is 5.92 Å². The van der Waals surface area contributed by atoms with Crippen LogP contribution in [0.1, 0.15) is 32.6 Å². The van der Waals surface area contributed by atoms with E-state index in [4.69, 9.17) is 9.47 Å². The van der Waals surface area contributed by atoms with E-state index in [1.165, 1.54) is 19.3 Å². The summed E-state index contributed by atoms with van der Waals surface area (Å²) < 4.78 is 10.9. The van der Waals surface area contributed by atoms with Gasteiger partial charge in [-0.3, -0.25) is 0 Å². The van der Waals surface area contributed by atoms with E-state index in [0.29, 0.717) is 18.2 Å². The Bertz CT molecular complexity index is 192. The van der Waals surface area contributed by atoms with E-state index in [9.17, 15) is 0 Å². The highest BCUT2D eigenvalue weighted by Crippen LogP contribution is 2.26. The van der Waals surface area contributed by atoms with Crippen molar-refractivity contribution >= 4 is 0 Å². The molecule has 2 unspecified atom stereocenters. The molecule has 1 aliphatic heterocycles. The first kappa shape index (κ1) is 11.4. The average Bonchev–Trinajstić information content (AvgIpc) is 2.63. The third-order valence-corrected chi connectivity index (χ3v) is 3.85. The lowest BCUT2D eigenvalue weighted by Gasteiger charge is -2.35. The van der Waals surface area contributed by atoms with E-state index in [0.717, 1.165) is 25.5 Å².